The van der Waals surface area contributed by atoms with Gasteiger partial charge in [0.15, 0.2) is 0 Å². The first kappa shape index (κ1) is 13.2. The standard InChI is InChI=1S/C18H27N/c1-12-6-13(2)8-16(7-12)11-19-14(3)18-10-15-4-5-17(18)9-15/h6-8,14-15,17-19H,4-5,9-11H2,1-3H3. The highest BCUT2D eigenvalue weighted by Crippen LogP contribution is 2.49. The minimum atomic E-state index is 0.677. The summed E-state index contributed by atoms with van der Waals surface area (Å²) in [6.07, 6.45) is 5.99. The van der Waals surface area contributed by atoms with Crippen molar-refractivity contribution >= 4 is 0 Å². The molecular formula is C18H27N. The number of hydrogen-bond donors (Lipinski definition) is 1. The maximum absolute atomic E-state index is 3.78. The maximum Gasteiger partial charge on any atom is 0.0208 e. The largest absolute Gasteiger partial charge is 0.310 e. The van der Waals surface area contributed by atoms with Gasteiger partial charge in [-0.2, -0.15) is 0 Å². The van der Waals surface area contributed by atoms with Crippen LogP contribution in [0, 0.1) is 31.6 Å². The van der Waals surface area contributed by atoms with Crippen molar-refractivity contribution in [3.63, 3.8) is 0 Å². The summed E-state index contributed by atoms with van der Waals surface area (Å²) < 4.78 is 0. The highest BCUT2D eigenvalue weighted by molar-refractivity contribution is 5.28. The van der Waals surface area contributed by atoms with Gasteiger partial charge in [0.05, 0.1) is 0 Å². The zero-order valence-corrected chi connectivity index (χ0v) is 12.6. The van der Waals surface area contributed by atoms with Gasteiger partial charge in [-0.05, 0) is 63.4 Å². The summed E-state index contributed by atoms with van der Waals surface area (Å²) in [5, 5.41) is 3.78. The van der Waals surface area contributed by atoms with E-state index in [9.17, 15) is 0 Å². The third-order valence-electron chi connectivity index (χ3n) is 5.34. The quantitative estimate of drug-likeness (QED) is 0.851. The van der Waals surface area contributed by atoms with Gasteiger partial charge >= 0.3 is 0 Å². The molecule has 2 saturated carbocycles. The van der Waals surface area contributed by atoms with Crippen LogP contribution in [0.25, 0.3) is 0 Å². The third kappa shape index (κ3) is 2.86. The molecular weight excluding hydrogens is 230 g/mol. The van der Waals surface area contributed by atoms with Crippen LogP contribution >= 0.6 is 0 Å². The van der Waals surface area contributed by atoms with E-state index in [1.54, 1.807) is 0 Å². The van der Waals surface area contributed by atoms with E-state index in [2.05, 4.69) is 44.3 Å². The molecule has 0 amide bonds. The Bertz CT molecular complexity index is 431. The summed E-state index contributed by atoms with van der Waals surface area (Å²) in [5.74, 6) is 3.01. The zero-order chi connectivity index (χ0) is 13.4. The molecule has 2 aliphatic rings. The van der Waals surface area contributed by atoms with E-state index in [1.807, 2.05) is 0 Å². The number of benzene rings is 1. The summed E-state index contributed by atoms with van der Waals surface area (Å²) in [5.41, 5.74) is 4.20. The van der Waals surface area contributed by atoms with Gasteiger partial charge in [0.2, 0.25) is 0 Å². The topological polar surface area (TPSA) is 12.0 Å². The number of hydrogen-bond acceptors (Lipinski definition) is 1. The van der Waals surface area contributed by atoms with E-state index >= 15 is 0 Å². The van der Waals surface area contributed by atoms with Gasteiger partial charge in [0.25, 0.3) is 0 Å². The molecule has 0 heterocycles. The lowest BCUT2D eigenvalue weighted by Gasteiger charge is -2.28. The van der Waals surface area contributed by atoms with Crippen LogP contribution in [-0.4, -0.2) is 6.04 Å². The first-order valence-electron chi connectivity index (χ1n) is 7.92. The third-order valence-corrected chi connectivity index (χ3v) is 5.34. The summed E-state index contributed by atoms with van der Waals surface area (Å²) in [6.45, 7) is 7.80. The smallest absolute Gasteiger partial charge is 0.0208 e. The molecule has 1 heteroatoms. The Labute approximate surface area is 117 Å². The Kier molecular flexibility index (Phi) is 3.66. The molecule has 0 saturated heterocycles. The molecule has 2 fully saturated rings. The Morgan fingerprint density at radius 2 is 1.84 bits per heavy atom. The lowest BCUT2D eigenvalue weighted by Crippen LogP contribution is -2.35. The first-order chi connectivity index (χ1) is 9.11. The van der Waals surface area contributed by atoms with Crippen LogP contribution < -0.4 is 5.32 Å². The van der Waals surface area contributed by atoms with Gasteiger partial charge in [-0.3, -0.25) is 0 Å². The van der Waals surface area contributed by atoms with Crippen molar-refractivity contribution in [2.24, 2.45) is 17.8 Å². The van der Waals surface area contributed by atoms with Crippen LogP contribution in [0.1, 0.15) is 49.3 Å². The van der Waals surface area contributed by atoms with Crippen molar-refractivity contribution in [2.75, 3.05) is 0 Å². The normalized spacial score (nSPS) is 30.8. The van der Waals surface area contributed by atoms with Gasteiger partial charge in [-0.15, -0.1) is 0 Å². The Morgan fingerprint density at radius 1 is 1.11 bits per heavy atom. The SMILES string of the molecule is Cc1cc(C)cc(CNC(C)C2CC3CCC2C3)c1. The number of aryl methyl sites for hydroxylation is 2. The second-order valence-corrected chi connectivity index (χ2v) is 7.00. The van der Waals surface area contributed by atoms with Crippen molar-refractivity contribution < 1.29 is 0 Å². The van der Waals surface area contributed by atoms with Gasteiger partial charge in [0.1, 0.15) is 0 Å². The summed E-state index contributed by atoms with van der Waals surface area (Å²) in [6, 6.07) is 7.56. The van der Waals surface area contributed by atoms with Gasteiger partial charge < -0.3 is 5.32 Å². The average molecular weight is 257 g/mol. The fourth-order valence-corrected chi connectivity index (χ4v) is 4.51. The average Bonchev–Trinajstić information content (AvgIpc) is 2.97. The number of nitrogens with one attached hydrogen (secondary N) is 1. The fourth-order valence-electron chi connectivity index (χ4n) is 4.51. The first-order valence-corrected chi connectivity index (χ1v) is 7.92. The van der Waals surface area contributed by atoms with Crippen LogP contribution in [0.2, 0.25) is 0 Å². The van der Waals surface area contributed by atoms with E-state index in [0.717, 1.165) is 24.3 Å². The lowest BCUT2D eigenvalue weighted by molar-refractivity contribution is 0.259. The Morgan fingerprint density at radius 3 is 2.42 bits per heavy atom. The fraction of sp³-hybridized carbons (Fsp3) is 0.667. The second kappa shape index (κ2) is 5.28. The molecule has 4 unspecified atom stereocenters. The van der Waals surface area contributed by atoms with Gasteiger partial charge in [0, 0.05) is 12.6 Å². The van der Waals surface area contributed by atoms with Gasteiger partial charge in [-0.1, -0.05) is 35.7 Å². The van der Waals surface area contributed by atoms with Crippen LogP contribution in [-0.2, 0) is 6.54 Å². The monoisotopic (exact) mass is 257 g/mol. The van der Waals surface area contributed by atoms with E-state index in [0.29, 0.717) is 6.04 Å². The van der Waals surface area contributed by atoms with Crippen LogP contribution in [0.4, 0.5) is 0 Å². The minimum absolute atomic E-state index is 0.677. The molecule has 3 rings (SSSR count). The molecule has 104 valence electrons. The maximum atomic E-state index is 3.78. The molecule has 1 aromatic rings. The summed E-state index contributed by atoms with van der Waals surface area (Å²) >= 11 is 0. The van der Waals surface area contributed by atoms with Crippen LogP contribution in [0.5, 0.6) is 0 Å². The molecule has 0 radical (unpaired) electrons. The highest BCUT2D eigenvalue weighted by atomic mass is 14.9. The van der Waals surface area contributed by atoms with E-state index in [4.69, 9.17) is 0 Å². The van der Waals surface area contributed by atoms with Crippen LogP contribution in [0.15, 0.2) is 18.2 Å². The molecule has 0 aromatic heterocycles. The van der Waals surface area contributed by atoms with Crippen molar-refractivity contribution in [2.45, 2.75) is 59.0 Å². The van der Waals surface area contributed by atoms with E-state index in [-0.39, 0.29) is 0 Å². The van der Waals surface area contributed by atoms with E-state index in [1.165, 1.54) is 42.4 Å². The second-order valence-electron chi connectivity index (χ2n) is 7.00. The van der Waals surface area contributed by atoms with Gasteiger partial charge in [-0.25, -0.2) is 0 Å². The number of rotatable bonds is 4. The van der Waals surface area contributed by atoms with Crippen molar-refractivity contribution in [3.8, 4) is 0 Å². The predicted octanol–water partition coefficient (Wildman–Crippen LogP) is 4.22. The molecule has 0 aliphatic heterocycles. The minimum Gasteiger partial charge on any atom is -0.310 e. The highest BCUT2D eigenvalue weighted by Gasteiger charge is 2.41. The molecule has 19 heavy (non-hydrogen) atoms. The number of fused-ring (bicyclic) bond motifs is 2. The Balaban J connectivity index is 1.57. The summed E-state index contributed by atoms with van der Waals surface area (Å²) in [7, 11) is 0. The van der Waals surface area contributed by atoms with Crippen LogP contribution in [0.3, 0.4) is 0 Å². The molecule has 1 nitrogen and oxygen atoms in total. The molecule has 0 spiro atoms. The van der Waals surface area contributed by atoms with E-state index < -0.39 is 0 Å². The Hall–Kier alpha value is -0.820. The molecule has 1 aromatic carbocycles. The molecule has 2 aliphatic carbocycles. The zero-order valence-electron chi connectivity index (χ0n) is 12.6. The van der Waals surface area contributed by atoms with Crippen molar-refractivity contribution in [1.82, 2.24) is 5.32 Å². The molecule has 4 atom stereocenters. The molecule has 2 bridgehead atoms. The van der Waals surface area contributed by atoms with Crippen molar-refractivity contribution in [1.29, 1.82) is 0 Å². The predicted molar refractivity (Wildman–Crippen MR) is 81.2 cm³/mol. The van der Waals surface area contributed by atoms with Crippen molar-refractivity contribution in [3.05, 3.63) is 34.9 Å². The lowest BCUT2D eigenvalue weighted by atomic mass is 9.84. The molecule has 1 N–H and O–H groups in total. The summed E-state index contributed by atoms with van der Waals surface area (Å²) in [4.78, 5) is 0.